The van der Waals surface area contributed by atoms with Crippen molar-refractivity contribution in [2.24, 2.45) is 0 Å². The van der Waals surface area contributed by atoms with Crippen LogP contribution in [0.25, 0.3) is 0 Å². The molecule has 1 atom stereocenters. The van der Waals surface area contributed by atoms with Crippen LogP contribution in [-0.4, -0.2) is 36.9 Å². The van der Waals surface area contributed by atoms with E-state index in [4.69, 9.17) is 4.74 Å². The van der Waals surface area contributed by atoms with Gasteiger partial charge in [-0.15, -0.1) is 11.7 Å². The number of ether oxygens (including phenoxy) is 1. The summed E-state index contributed by atoms with van der Waals surface area (Å²) >= 11 is 3.85. The van der Waals surface area contributed by atoms with Crippen LogP contribution < -0.4 is 10.6 Å². The van der Waals surface area contributed by atoms with Gasteiger partial charge in [-0.1, -0.05) is 10.8 Å². The number of hydrogen-bond donors (Lipinski definition) is 3. The summed E-state index contributed by atoms with van der Waals surface area (Å²) in [7, 11) is 1.12. The molecule has 0 unspecified atom stereocenters. The first-order chi connectivity index (χ1) is 7.72. The van der Waals surface area contributed by atoms with Gasteiger partial charge in [0.15, 0.2) is 0 Å². The fourth-order valence-electron chi connectivity index (χ4n) is 1.37. The van der Waals surface area contributed by atoms with Crippen molar-refractivity contribution in [2.45, 2.75) is 25.5 Å². The highest BCUT2D eigenvalue weighted by atomic mass is 33.1. The molecule has 1 rings (SSSR count). The Morgan fingerprint density at radius 1 is 1.38 bits per heavy atom. The topological polar surface area (TPSA) is 67.4 Å². The molecule has 0 spiro atoms. The first-order valence-corrected chi connectivity index (χ1v) is 7.20. The van der Waals surface area contributed by atoms with Crippen molar-refractivity contribution in [3.8, 4) is 0 Å². The van der Waals surface area contributed by atoms with E-state index in [1.165, 1.54) is 0 Å². The Balaban J connectivity index is 2.12. The lowest BCUT2D eigenvalue weighted by Gasteiger charge is -2.23. The fraction of sp³-hybridized carbons (Fsp3) is 0.778. The standard InChI is InChI=1S/C9H16N2O3S2/c12-7(5-10-8(13)6-16-15)11-9-3-1-2-4-14-9/h9,15H,1-6H2,(H,10,13)(H,11,12)/t9-/m1/s1. The summed E-state index contributed by atoms with van der Waals surface area (Å²) in [4.78, 5) is 22.4. The molecule has 0 aromatic rings. The molecule has 1 aliphatic rings. The maximum atomic E-state index is 11.4. The molecule has 2 N–H and O–H groups in total. The van der Waals surface area contributed by atoms with Crippen LogP contribution in [0.5, 0.6) is 0 Å². The zero-order valence-corrected chi connectivity index (χ0v) is 10.6. The van der Waals surface area contributed by atoms with Crippen molar-refractivity contribution in [1.82, 2.24) is 10.6 Å². The molecule has 0 aromatic carbocycles. The third-order valence-electron chi connectivity index (χ3n) is 2.14. The predicted octanol–water partition coefficient (Wildman–Crippen LogP) is 0.323. The Morgan fingerprint density at radius 3 is 2.81 bits per heavy atom. The minimum Gasteiger partial charge on any atom is -0.359 e. The third-order valence-corrected chi connectivity index (χ3v) is 2.92. The summed E-state index contributed by atoms with van der Waals surface area (Å²) in [6.07, 6.45) is 2.75. The molecular formula is C9H16N2O3S2. The van der Waals surface area contributed by atoms with Crippen molar-refractivity contribution in [1.29, 1.82) is 0 Å². The maximum absolute atomic E-state index is 11.4. The van der Waals surface area contributed by atoms with Gasteiger partial charge in [0.1, 0.15) is 6.23 Å². The van der Waals surface area contributed by atoms with Gasteiger partial charge < -0.3 is 15.4 Å². The quantitative estimate of drug-likeness (QED) is 0.494. The lowest BCUT2D eigenvalue weighted by atomic mass is 10.2. The van der Waals surface area contributed by atoms with E-state index in [9.17, 15) is 9.59 Å². The molecule has 1 saturated heterocycles. The Hall–Kier alpha value is -0.400. The fourth-order valence-corrected chi connectivity index (χ4v) is 1.94. The molecule has 1 fully saturated rings. The van der Waals surface area contributed by atoms with Gasteiger partial charge in [0.25, 0.3) is 0 Å². The minimum atomic E-state index is -0.218. The second-order valence-electron chi connectivity index (χ2n) is 3.47. The Morgan fingerprint density at radius 2 is 2.19 bits per heavy atom. The van der Waals surface area contributed by atoms with E-state index >= 15 is 0 Å². The lowest BCUT2D eigenvalue weighted by Crippen LogP contribution is -2.44. The highest BCUT2D eigenvalue weighted by Crippen LogP contribution is 2.09. The van der Waals surface area contributed by atoms with Crippen molar-refractivity contribution in [2.75, 3.05) is 18.9 Å². The van der Waals surface area contributed by atoms with E-state index in [0.29, 0.717) is 6.61 Å². The number of amides is 2. The number of nitrogens with one attached hydrogen (secondary N) is 2. The molecule has 0 saturated carbocycles. The summed E-state index contributed by atoms with van der Waals surface area (Å²) in [5.41, 5.74) is 0. The van der Waals surface area contributed by atoms with Crippen LogP contribution in [0.15, 0.2) is 0 Å². The van der Waals surface area contributed by atoms with E-state index < -0.39 is 0 Å². The highest BCUT2D eigenvalue weighted by Gasteiger charge is 2.16. The van der Waals surface area contributed by atoms with Crippen LogP contribution in [0.3, 0.4) is 0 Å². The minimum absolute atomic E-state index is 0.00691. The number of hydrogen-bond acceptors (Lipinski definition) is 5. The first-order valence-electron chi connectivity index (χ1n) is 5.16. The number of carbonyl (C=O) groups excluding carboxylic acids is 2. The zero-order chi connectivity index (χ0) is 11.8. The Kier molecular flexibility index (Phi) is 6.67. The van der Waals surface area contributed by atoms with Crippen molar-refractivity contribution in [3.05, 3.63) is 0 Å². The molecule has 1 heterocycles. The first kappa shape index (κ1) is 13.7. The zero-order valence-electron chi connectivity index (χ0n) is 8.90. The average Bonchev–Trinajstić information content (AvgIpc) is 2.28. The molecule has 0 aliphatic carbocycles. The van der Waals surface area contributed by atoms with Crippen molar-refractivity contribution < 1.29 is 14.3 Å². The van der Waals surface area contributed by atoms with Crippen LogP contribution in [0, 0.1) is 0 Å². The summed E-state index contributed by atoms with van der Waals surface area (Å²) in [5.74, 6) is -0.166. The monoisotopic (exact) mass is 264 g/mol. The van der Waals surface area contributed by atoms with Gasteiger partial charge in [0, 0.05) is 6.61 Å². The van der Waals surface area contributed by atoms with Crippen molar-refractivity contribution >= 4 is 34.3 Å². The van der Waals surface area contributed by atoms with Crippen LogP contribution in [0.4, 0.5) is 0 Å². The van der Waals surface area contributed by atoms with Crippen LogP contribution >= 0.6 is 22.5 Å². The second kappa shape index (κ2) is 7.81. The van der Waals surface area contributed by atoms with Gasteiger partial charge in [0.2, 0.25) is 11.8 Å². The molecule has 92 valence electrons. The highest BCUT2D eigenvalue weighted by molar-refractivity contribution is 8.68. The van der Waals surface area contributed by atoms with E-state index in [1.807, 2.05) is 0 Å². The largest absolute Gasteiger partial charge is 0.359 e. The Labute approximate surface area is 104 Å². The molecule has 5 nitrogen and oxygen atoms in total. The predicted molar refractivity (Wildman–Crippen MR) is 66.2 cm³/mol. The average molecular weight is 264 g/mol. The summed E-state index contributed by atoms with van der Waals surface area (Å²) in [5, 5.41) is 5.21. The summed E-state index contributed by atoms with van der Waals surface area (Å²) in [6.45, 7) is 0.681. The van der Waals surface area contributed by atoms with E-state index in [0.717, 1.165) is 30.1 Å². The number of carbonyl (C=O) groups is 2. The van der Waals surface area contributed by atoms with Crippen LogP contribution in [-0.2, 0) is 14.3 Å². The molecule has 0 bridgehead atoms. The van der Waals surface area contributed by atoms with Gasteiger partial charge in [-0.25, -0.2) is 0 Å². The normalized spacial score (nSPS) is 20.2. The van der Waals surface area contributed by atoms with E-state index in [2.05, 4.69) is 22.3 Å². The summed E-state index contributed by atoms with van der Waals surface area (Å²) in [6, 6.07) is 0. The van der Waals surface area contributed by atoms with Gasteiger partial charge >= 0.3 is 0 Å². The smallest absolute Gasteiger partial charge is 0.241 e. The number of thiol groups is 1. The maximum Gasteiger partial charge on any atom is 0.241 e. The van der Waals surface area contributed by atoms with Crippen LogP contribution in [0.2, 0.25) is 0 Å². The molecule has 0 aromatic heterocycles. The Bertz CT molecular complexity index is 245. The molecule has 16 heavy (non-hydrogen) atoms. The van der Waals surface area contributed by atoms with Crippen LogP contribution in [0.1, 0.15) is 19.3 Å². The van der Waals surface area contributed by atoms with Gasteiger partial charge in [0.05, 0.1) is 12.3 Å². The van der Waals surface area contributed by atoms with Gasteiger partial charge in [-0.2, -0.15) is 0 Å². The molecule has 2 amide bonds. The van der Waals surface area contributed by atoms with Gasteiger partial charge in [-0.05, 0) is 19.3 Å². The SMILES string of the molecule is O=C(CSS)NCC(=O)N[C@H]1CCCCO1. The van der Waals surface area contributed by atoms with Crippen molar-refractivity contribution in [3.63, 3.8) is 0 Å². The third kappa shape index (κ3) is 5.62. The molecule has 7 heteroatoms. The number of rotatable bonds is 5. The van der Waals surface area contributed by atoms with Gasteiger partial charge in [-0.3, -0.25) is 9.59 Å². The molecule has 0 radical (unpaired) electrons. The van der Waals surface area contributed by atoms with E-state index in [1.54, 1.807) is 0 Å². The molecular weight excluding hydrogens is 248 g/mol. The second-order valence-corrected chi connectivity index (χ2v) is 4.79. The summed E-state index contributed by atoms with van der Waals surface area (Å²) < 4.78 is 5.34. The lowest BCUT2D eigenvalue weighted by molar-refractivity contribution is -0.128. The molecule has 1 aliphatic heterocycles. The van der Waals surface area contributed by atoms with E-state index in [-0.39, 0.29) is 30.3 Å².